The molecule has 0 aromatic rings. The van der Waals surface area contributed by atoms with Crippen LogP contribution in [0.4, 0.5) is 0 Å². The summed E-state index contributed by atoms with van der Waals surface area (Å²) in [7, 11) is -0.559. The van der Waals surface area contributed by atoms with Gasteiger partial charge in [0.2, 0.25) is 0 Å². The summed E-state index contributed by atoms with van der Waals surface area (Å²) in [5.74, 6) is 2.56. The fourth-order valence-electron chi connectivity index (χ4n) is 2.64. The molecule has 1 N–H and O–H groups in total. The molecule has 2 nitrogen and oxygen atoms in total. The lowest BCUT2D eigenvalue weighted by molar-refractivity contribution is 0.352. The third-order valence-corrected chi connectivity index (χ3v) is 4.87. The average molecular weight is 201 g/mol. The molecule has 0 aromatic carbocycles. The summed E-state index contributed by atoms with van der Waals surface area (Å²) in [5.41, 5.74) is 0. The van der Waals surface area contributed by atoms with E-state index in [4.69, 9.17) is 0 Å². The van der Waals surface area contributed by atoms with Gasteiger partial charge in [0.05, 0.1) is 0 Å². The molecule has 0 spiro atoms. The lowest BCUT2D eigenvalue weighted by Crippen LogP contribution is -2.51. The van der Waals surface area contributed by atoms with Crippen LogP contribution >= 0.6 is 0 Å². The van der Waals surface area contributed by atoms with Gasteiger partial charge in [0.15, 0.2) is 0 Å². The van der Waals surface area contributed by atoms with Crippen molar-refractivity contribution in [2.24, 2.45) is 5.92 Å². The lowest BCUT2D eigenvalue weighted by Gasteiger charge is -2.32. The molecule has 0 bridgehead atoms. The molecule has 76 valence electrons. The van der Waals surface area contributed by atoms with Crippen LogP contribution in [-0.4, -0.2) is 27.8 Å². The molecule has 1 aliphatic carbocycles. The molecule has 1 aliphatic heterocycles. The van der Waals surface area contributed by atoms with Crippen LogP contribution in [0.2, 0.25) is 0 Å². The van der Waals surface area contributed by atoms with Crippen molar-refractivity contribution < 1.29 is 4.21 Å². The van der Waals surface area contributed by atoms with Crippen LogP contribution in [0.3, 0.4) is 0 Å². The SMILES string of the molecule is CC1CS(=O)CC(C2CCCC2)N1. The zero-order chi connectivity index (χ0) is 9.26. The topological polar surface area (TPSA) is 29.1 Å². The van der Waals surface area contributed by atoms with Gasteiger partial charge in [-0.2, -0.15) is 0 Å². The van der Waals surface area contributed by atoms with Gasteiger partial charge in [0.1, 0.15) is 0 Å². The molecule has 2 fully saturated rings. The second kappa shape index (κ2) is 4.09. The molecular weight excluding hydrogens is 182 g/mol. The minimum absolute atomic E-state index is 0.459. The first kappa shape index (κ1) is 9.66. The summed E-state index contributed by atoms with van der Waals surface area (Å²) >= 11 is 0. The second-order valence-corrected chi connectivity index (χ2v) is 6.04. The van der Waals surface area contributed by atoms with E-state index in [1.807, 2.05) is 0 Å². The Morgan fingerprint density at radius 2 is 1.92 bits per heavy atom. The molecule has 3 heteroatoms. The molecule has 1 heterocycles. The molecule has 1 saturated heterocycles. The largest absolute Gasteiger partial charge is 0.309 e. The summed E-state index contributed by atoms with van der Waals surface area (Å²) in [6, 6.07) is 1.01. The minimum atomic E-state index is -0.559. The van der Waals surface area contributed by atoms with Crippen LogP contribution in [0, 0.1) is 5.92 Å². The first-order valence-corrected chi connectivity index (χ1v) is 6.85. The fraction of sp³-hybridized carbons (Fsp3) is 1.00. The molecule has 3 unspecified atom stereocenters. The van der Waals surface area contributed by atoms with E-state index >= 15 is 0 Å². The van der Waals surface area contributed by atoms with Crippen LogP contribution in [0.15, 0.2) is 0 Å². The molecule has 0 radical (unpaired) electrons. The molecule has 2 aliphatic rings. The van der Waals surface area contributed by atoms with E-state index in [0.29, 0.717) is 12.1 Å². The van der Waals surface area contributed by atoms with Crippen LogP contribution in [0.1, 0.15) is 32.6 Å². The molecule has 0 amide bonds. The predicted octanol–water partition coefficient (Wildman–Crippen LogP) is 1.29. The Balaban J connectivity index is 1.94. The normalized spacial score (nSPS) is 42.4. The standard InChI is InChI=1S/C10H19NOS/c1-8-6-13(12)7-10(11-8)9-4-2-3-5-9/h8-11H,2-7H2,1H3. The van der Waals surface area contributed by atoms with Crippen molar-refractivity contribution in [3.8, 4) is 0 Å². The van der Waals surface area contributed by atoms with Crippen molar-refractivity contribution >= 4 is 10.8 Å². The van der Waals surface area contributed by atoms with Gasteiger partial charge in [-0.1, -0.05) is 12.8 Å². The predicted molar refractivity (Wildman–Crippen MR) is 56.2 cm³/mol. The average Bonchev–Trinajstić information content (AvgIpc) is 2.53. The Hall–Kier alpha value is 0.110. The lowest BCUT2D eigenvalue weighted by atomic mass is 9.99. The van der Waals surface area contributed by atoms with E-state index in [1.54, 1.807) is 0 Å². The molecular formula is C10H19NOS. The maximum absolute atomic E-state index is 11.5. The molecule has 1 saturated carbocycles. The summed E-state index contributed by atoms with van der Waals surface area (Å²) in [4.78, 5) is 0. The third-order valence-electron chi connectivity index (χ3n) is 3.27. The second-order valence-electron chi connectivity index (χ2n) is 4.49. The van der Waals surface area contributed by atoms with Crippen molar-refractivity contribution in [1.82, 2.24) is 5.32 Å². The highest BCUT2D eigenvalue weighted by molar-refractivity contribution is 7.85. The van der Waals surface area contributed by atoms with Gasteiger partial charge in [-0.3, -0.25) is 4.21 Å². The fourth-order valence-corrected chi connectivity index (χ4v) is 4.20. The van der Waals surface area contributed by atoms with Gasteiger partial charge < -0.3 is 5.32 Å². The van der Waals surface area contributed by atoms with Gasteiger partial charge in [-0.15, -0.1) is 0 Å². The Kier molecular flexibility index (Phi) is 3.04. The zero-order valence-corrected chi connectivity index (χ0v) is 9.11. The summed E-state index contributed by atoms with van der Waals surface area (Å²) in [6.45, 7) is 2.15. The zero-order valence-electron chi connectivity index (χ0n) is 8.29. The Morgan fingerprint density at radius 3 is 2.54 bits per heavy atom. The van der Waals surface area contributed by atoms with Gasteiger partial charge in [0, 0.05) is 34.4 Å². The maximum atomic E-state index is 11.5. The quantitative estimate of drug-likeness (QED) is 0.692. The van der Waals surface area contributed by atoms with Crippen molar-refractivity contribution in [3.05, 3.63) is 0 Å². The van der Waals surface area contributed by atoms with E-state index in [1.165, 1.54) is 25.7 Å². The van der Waals surface area contributed by atoms with Gasteiger partial charge >= 0.3 is 0 Å². The van der Waals surface area contributed by atoms with Crippen molar-refractivity contribution in [3.63, 3.8) is 0 Å². The first-order valence-electron chi connectivity index (χ1n) is 5.37. The number of hydrogen-bond donors (Lipinski definition) is 1. The smallest absolute Gasteiger partial charge is 0.0392 e. The van der Waals surface area contributed by atoms with Crippen molar-refractivity contribution in [2.75, 3.05) is 11.5 Å². The number of hydrogen-bond acceptors (Lipinski definition) is 2. The molecule has 2 rings (SSSR count). The van der Waals surface area contributed by atoms with Gasteiger partial charge in [0.25, 0.3) is 0 Å². The highest BCUT2D eigenvalue weighted by atomic mass is 32.2. The van der Waals surface area contributed by atoms with Crippen LogP contribution in [0.25, 0.3) is 0 Å². The number of nitrogens with one attached hydrogen (secondary N) is 1. The van der Waals surface area contributed by atoms with Crippen molar-refractivity contribution in [1.29, 1.82) is 0 Å². The third kappa shape index (κ3) is 2.32. The first-order chi connectivity index (χ1) is 6.25. The van der Waals surface area contributed by atoms with Crippen LogP contribution in [-0.2, 0) is 10.8 Å². The highest BCUT2D eigenvalue weighted by Crippen LogP contribution is 2.29. The van der Waals surface area contributed by atoms with E-state index in [2.05, 4.69) is 12.2 Å². The van der Waals surface area contributed by atoms with Crippen LogP contribution < -0.4 is 5.32 Å². The van der Waals surface area contributed by atoms with Gasteiger partial charge in [-0.25, -0.2) is 0 Å². The molecule has 13 heavy (non-hydrogen) atoms. The van der Waals surface area contributed by atoms with Gasteiger partial charge in [-0.05, 0) is 25.7 Å². The maximum Gasteiger partial charge on any atom is 0.0392 e. The van der Waals surface area contributed by atoms with E-state index < -0.39 is 10.8 Å². The monoisotopic (exact) mass is 201 g/mol. The van der Waals surface area contributed by atoms with E-state index in [9.17, 15) is 4.21 Å². The minimum Gasteiger partial charge on any atom is -0.309 e. The summed E-state index contributed by atoms with van der Waals surface area (Å²) < 4.78 is 11.5. The summed E-state index contributed by atoms with van der Waals surface area (Å²) in [5, 5.41) is 3.60. The Labute approximate surface area is 82.9 Å². The van der Waals surface area contributed by atoms with Crippen molar-refractivity contribution in [2.45, 2.75) is 44.7 Å². The highest BCUT2D eigenvalue weighted by Gasteiger charge is 2.30. The van der Waals surface area contributed by atoms with E-state index in [-0.39, 0.29) is 0 Å². The van der Waals surface area contributed by atoms with E-state index in [0.717, 1.165) is 17.4 Å². The molecule has 0 aromatic heterocycles. The molecule has 3 atom stereocenters. The number of rotatable bonds is 1. The summed E-state index contributed by atoms with van der Waals surface area (Å²) in [6.07, 6.45) is 5.46. The Morgan fingerprint density at radius 1 is 1.23 bits per heavy atom. The van der Waals surface area contributed by atoms with Crippen LogP contribution in [0.5, 0.6) is 0 Å². The Bertz CT molecular complexity index is 201.